The molecule has 10 heteroatoms. The number of carbonyl (C=O) groups is 2. The molecule has 164 valence electrons. The average Bonchev–Trinajstić information content (AvgIpc) is 2.76. The predicted octanol–water partition coefficient (Wildman–Crippen LogP) is 2.33. The number of benzene rings is 1. The summed E-state index contributed by atoms with van der Waals surface area (Å²) in [7, 11) is 0. The molecule has 1 aromatic heterocycles. The number of primary amides is 1. The zero-order valence-electron chi connectivity index (χ0n) is 16.5. The molecule has 1 aromatic carbocycles. The van der Waals surface area contributed by atoms with Crippen LogP contribution in [0.2, 0.25) is 0 Å². The van der Waals surface area contributed by atoms with Crippen LogP contribution in [0.3, 0.4) is 0 Å². The van der Waals surface area contributed by atoms with Crippen molar-refractivity contribution in [3.05, 3.63) is 59.8 Å². The van der Waals surface area contributed by atoms with Crippen molar-refractivity contribution in [2.45, 2.75) is 6.18 Å². The van der Waals surface area contributed by atoms with Gasteiger partial charge in [-0.1, -0.05) is 12.1 Å². The van der Waals surface area contributed by atoms with Gasteiger partial charge in [-0.25, -0.2) is 4.98 Å². The Balaban J connectivity index is 1.50. The third kappa shape index (κ3) is 6.21. The number of pyridine rings is 1. The van der Waals surface area contributed by atoms with Crippen LogP contribution in [0.1, 0.15) is 11.1 Å². The van der Waals surface area contributed by atoms with E-state index >= 15 is 0 Å². The second kappa shape index (κ2) is 9.50. The molecular weight excluding hydrogens is 413 g/mol. The minimum absolute atomic E-state index is 0.158. The molecule has 0 saturated carbocycles. The maximum Gasteiger partial charge on any atom is 0.417 e. The first kappa shape index (κ1) is 22.1. The van der Waals surface area contributed by atoms with E-state index in [0.29, 0.717) is 37.7 Å². The molecule has 0 atom stereocenters. The van der Waals surface area contributed by atoms with Crippen LogP contribution in [0, 0.1) is 0 Å². The third-order valence-electron chi connectivity index (χ3n) is 4.67. The van der Waals surface area contributed by atoms with Crippen LogP contribution >= 0.6 is 0 Å². The van der Waals surface area contributed by atoms with Crippen LogP contribution in [0.15, 0.2) is 48.7 Å². The van der Waals surface area contributed by atoms with Crippen molar-refractivity contribution in [3.8, 4) is 5.75 Å². The number of nitrogens with zero attached hydrogens (tertiary/aromatic N) is 3. The molecule has 2 amide bonds. The lowest BCUT2D eigenvalue weighted by Gasteiger charge is -2.35. The Bertz CT molecular complexity index is 936. The van der Waals surface area contributed by atoms with Crippen molar-refractivity contribution in [3.63, 3.8) is 0 Å². The van der Waals surface area contributed by atoms with Gasteiger partial charge in [0, 0.05) is 38.5 Å². The lowest BCUT2D eigenvalue weighted by Crippen LogP contribution is -2.48. The topological polar surface area (TPSA) is 88.8 Å². The number of hydrogen-bond acceptors (Lipinski definition) is 5. The lowest BCUT2D eigenvalue weighted by atomic mass is 10.2. The summed E-state index contributed by atoms with van der Waals surface area (Å²) < 4.78 is 43.1. The molecule has 2 heterocycles. The van der Waals surface area contributed by atoms with Gasteiger partial charge in [-0.2, -0.15) is 13.2 Å². The minimum atomic E-state index is -4.42. The lowest BCUT2D eigenvalue weighted by molar-refractivity contribution is -0.137. The number of anilines is 1. The van der Waals surface area contributed by atoms with E-state index in [4.69, 9.17) is 10.5 Å². The van der Waals surface area contributed by atoms with Crippen molar-refractivity contribution >= 4 is 23.7 Å². The van der Waals surface area contributed by atoms with Gasteiger partial charge in [0.05, 0.1) is 5.56 Å². The number of piperazine rings is 1. The smallest absolute Gasteiger partial charge is 0.417 e. The SMILES string of the molecule is NC(=O)COc1ccc(/C=C/C(=O)N2CCN(c3ccc(C(F)(F)F)cn3)CC2)cc1. The average molecular weight is 434 g/mol. The molecule has 1 saturated heterocycles. The van der Waals surface area contributed by atoms with Gasteiger partial charge in [-0.05, 0) is 35.9 Å². The van der Waals surface area contributed by atoms with E-state index in [-0.39, 0.29) is 12.5 Å². The predicted molar refractivity (Wildman–Crippen MR) is 108 cm³/mol. The molecule has 2 aromatic rings. The Hall–Kier alpha value is -3.56. The molecule has 3 rings (SSSR count). The van der Waals surface area contributed by atoms with Gasteiger partial charge in [0.2, 0.25) is 5.91 Å². The van der Waals surface area contributed by atoms with Gasteiger partial charge in [-0.3, -0.25) is 9.59 Å². The highest BCUT2D eigenvalue weighted by atomic mass is 19.4. The maximum atomic E-state index is 12.7. The van der Waals surface area contributed by atoms with Crippen LogP contribution in [-0.2, 0) is 15.8 Å². The number of hydrogen-bond donors (Lipinski definition) is 1. The number of aromatic nitrogens is 1. The first-order chi connectivity index (χ1) is 14.7. The highest BCUT2D eigenvalue weighted by molar-refractivity contribution is 5.92. The fourth-order valence-corrected chi connectivity index (χ4v) is 3.00. The first-order valence-corrected chi connectivity index (χ1v) is 9.49. The maximum absolute atomic E-state index is 12.7. The van der Waals surface area contributed by atoms with Crippen LogP contribution < -0.4 is 15.4 Å². The molecule has 2 N–H and O–H groups in total. The zero-order valence-corrected chi connectivity index (χ0v) is 16.5. The van der Waals surface area contributed by atoms with Gasteiger partial charge in [0.25, 0.3) is 5.91 Å². The molecule has 1 aliphatic heterocycles. The van der Waals surface area contributed by atoms with E-state index in [1.807, 2.05) is 4.90 Å². The molecule has 31 heavy (non-hydrogen) atoms. The molecule has 1 fully saturated rings. The normalized spacial score (nSPS) is 14.7. The number of alkyl halides is 3. The number of nitrogens with two attached hydrogens (primary N) is 1. The minimum Gasteiger partial charge on any atom is -0.484 e. The van der Waals surface area contributed by atoms with Crippen molar-refractivity contribution in [2.24, 2.45) is 5.73 Å². The zero-order chi connectivity index (χ0) is 22.4. The van der Waals surface area contributed by atoms with E-state index in [1.165, 1.54) is 12.1 Å². The van der Waals surface area contributed by atoms with E-state index in [2.05, 4.69) is 4.98 Å². The van der Waals surface area contributed by atoms with Crippen molar-refractivity contribution in [2.75, 3.05) is 37.7 Å². The van der Waals surface area contributed by atoms with Crippen molar-refractivity contribution in [1.29, 1.82) is 0 Å². The first-order valence-electron chi connectivity index (χ1n) is 9.49. The summed E-state index contributed by atoms with van der Waals surface area (Å²) in [6.45, 7) is 1.62. The summed E-state index contributed by atoms with van der Waals surface area (Å²) in [4.78, 5) is 30.5. The largest absolute Gasteiger partial charge is 0.484 e. The molecule has 7 nitrogen and oxygen atoms in total. The highest BCUT2D eigenvalue weighted by Gasteiger charge is 2.31. The second-order valence-corrected chi connectivity index (χ2v) is 6.87. The fourth-order valence-electron chi connectivity index (χ4n) is 3.00. The number of rotatable bonds is 6. The third-order valence-corrected chi connectivity index (χ3v) is 4.67. The highest BCUT2D eigenvalue weighted by Crippen LogP contribution is 2.29. The monoisotopic (exact) mass is 434 g/mol. The van der Waals surface area contributed by atoms with E-state index in [0.717, 1.165) is 17.8 Å². The Morgan fingerprint density at radius 1 is 1.06 bits per heavy atom. The van der Waals surface area contributed by atoms with Crippen molar-refractivity contribution < 1.29 is 27.5 Å². The van der Waals surface area contributed by atoms with Crippen molar-refractivity contribution in [1.82, 2.24) is 9.88 Å². The Morgan fingerprint density at radius 2 is 1.74 bits per heavy atom. The fraction of sp³-hybridized carbons (Fsp3) is 0.286. The summed E-state index contributed by atoms with van der Waals surface area (Å²) in [5.41, 5.74) is 5.02. The van der Waals surface area contributed by atoms with Crippen LogP contribution in [0.25, 0.3) is 6.08 Å². The molecule has 0 bridgehead atoms. The Morgan fingerprint density at radius 3 is 2.29 bits per heavy atom. The molecular formula is C21H21F3N4O3. The van der Waals surface area contributed by atoms with Gasteiger partial charge >= 0.3 is 6.18 Å². The summed E-state index contributed by atoms with van der Waals surface area (Å²) in [5.74, 6) is 0.224. The molecule has 0 spiro atoms. The quantitative estimate of drug-likeness (QED) is 0.705. The van der Waals surface area contributed by atoms with E-state index < -0.39 is 17.6 Å². The molecule has 1 aliphatic rings. The number of amides is 2. The van der Waals surface area contributed by atoms with Gasteiger partial charge in [0.15, 0.2) is 6.61 Å². The van der Waals surface area contributed by atoms with E-state index in [1.54, 1.807) is 35.2 Å². The number of carbonyl (C=O) groups excluding carboxylic acids is 2. The summed E-state index contributed by atoms with van der Waals surface area (Å²) in [5, 5.41) is 0. The second-order valence-electron chi connectivity index (χ2n) is 6.87. The van der Waals surface area contributed by atoms with Gasteiger partial charge in [-0.15, -0.1) is 0 Å². The van der Waals surface area contributed by atoms with Gasteiger partial charge < -0.3 is 20.3 Å². The summed E-state index contributed by atoms with van der Waals surface area (Å²) in [6, 6.07) is 9.18. The van der Waals surface area contributed by atoms with Gasteiger partial charge in [0.1, 0.15) is 11.6 Å². The van der Waals surface area contributed by atoms with E-state index in [9.17, 15) is 22.8 Å². The number of ether oxygens (including phenoxy) is 1. The van der Waals surface area contributed by atoms with Crippen LogP contribution in [0.4, 0.5) is 19.0 Å². The summed E-state index contributed by atoms with van der Waals surface area (Å²) >= 11 is 0. The Kier molecular flexibility index (Phi) is 6.78. The standard InChI is InChI=1S/C21H21F3N4O3/c22-21(23,24)16-4-7-19(26-13-16)27-9-11-28(12-10-27)20(30)8-3-15-1-5-17(6-2-15)31-14-18(25)29/h1-8,13H,9-12,14H2,(H2,25,29)/b8-3+. The van der Waals surface area contributed by atoms with Crippen LogP contribution in [0.5, 0.6) is 5.75 Å². The summed E-state index contributed by atoms with van der Waals surface area (Å²) in [6.07, 6.45) is -0.463. The molecule has 0 radical (unpaired) electrons. The molecule has 0 aliphatic carbocycles. The number of halogens is 3. The van der Waals surface area contributed by atoms with Crippen LogP contribution in [-0.4, -0.2) is 54.5 Å². The molecule has 0 unspecified atom stereocenters. The Labute approximate surface area is 176 Å².